The minimum atomic E-state index is -1.72. The zero-order valence-electron chi connectivity index (χ0n) is 20.2. The highest BCUT2D eigenvalue weighted by Crippen LogP contribution is 2.65. The first-order valence-corrected chi connectivity index (χ1v) is 16.1. The molecule has 0 spiro atoms. The molecule has 0 aliphatic heterocycles. The Morgan fingerprint density at radius 1 is 0.968 bits per heavy atom. The monoisotopic (exact) mass is 438 g/mol. The first kappa shape index (κ1) is 21.9. The summed E-state index contributed by atoms with van der Waals surface area (Å²) in [5.41, 5.74) is 1.91. The van der Waals surface area contributed by atoms with E-state index < -0.39 is 8.32 Å². The van der Waals surface area contributed by atoms with Crippen LogP contribution in [0.4, 0.5) is 0 Å². The largest absolute Gasteiger partial charge is 0.414 e. The summed E-state index contributed by atoms with van der Waals surface area (Å²) in [4.78, 5) is 12.7. The molecule has 0 bridgehead atoms. The Labute approximate surface area is 190 Å². The Morgan fingerprint density at radius 2 is 1.74 bits per heavy atom. The standard InChI is InChI=1S/C28H42O2Si/c1-27-16-14-22(30-31(3,4)19-20-8-6-5-7-9-20)18-21(27)10-11-23-24-12-13-26(29)28(24,2)17-15-25(23)27/h5-9,21-25H,10-19H2,1-4H3/t21?,22?,23-,24-,25-,27-,28-/m0/s1. The van der Waals surface area contributed by atoms with Crippen molar-refractivity contribution in [3.05, 3.63) is 35.9 Å². The lowest BCUT2D eigenvalue weighted by molar-refractivity contribution is -0.141. The molecule has 1 aromatic rings. The van der Waals surface area contributed by atoms with E-state index in [0.29, 0.717) is 23.2 Å². The van der Waals surface area contributed by atoms with Crippen LogP contribution >= 0.6 is 0 Å². The molecule has 170 valence electrons. The summed E-state index contributed by atoms with van der Waals surface area (Å²) >= 11 is 0. The van der Waals surface area contributed by atoms with Crippen molar-refractivity contribution in [2.45, 2.75) is 96.9 Å². The van der Waals surface area contributed by atoms with Crippen LogP contribution < -0.4 is 0 Å². The highest BCUT2D eigenvalue weighted by molar-refractivity contribution is 6.70. The van der Waals surface area contributed by atoms with Gasteiger partial charge in [-0.3, -0.25) is 4.79 Å². The van der Waals surface area contributed by atoms with Crippen LogP contribution in [-0.4, -0.2) is 20.2 Å². The number of fused-ring (bicyclic) bond motifs is 5. The van der Waals surface area contributed by atoms with E-state index in [1.54, 1.807) is 0 Å². The Balaban J connectivity index is 1.26. The van der Waals surface area contributed by atoms with Crippen molar-refractivity contribution < 1.29 is 9.22 Å². The van der Waals surface area contributed by atoms with Crippen LogP contribution in [0.1, 0.15) is 77.2 Å². The van der Waals surface area contributed by atoms with Gasteiger partial charge in [0.25, 0.3) is 0 Å². The normalized spacial score (nSPS) is 42.6. The molecule has 4 aliphatic rings. The predicted molar refractivity (Wildman–Crippen MR) is 129 cm³/mol. The Morgan fingerprint density at radius 3 is 2.52 bits per heavy atom. The van der Waals surface area contributed by atoms with Crippen LogP contribution in [0.25, 0.3) is 0 Å². The van der Waals surface area contributed by atoms with Crippen molar-refractivity contribution in [3.63, 3.8) is 0 Å². The first-order valence-electron chi connectivity index (χ1n) is 13.0. The van der Waals surface area contributed by atoms with Crippen molar-refractivity contribution in [3.8, 4) is 0 Å². The zero-order valence-corrected chi connectivity index (χ0v) is 21.2. The van der Waals surface area contributed by atoms with Gasteiger partial charge in [0.15, 0.2) is 8.32 Å². The van der Waals surface area contributed by atoms with Crippen LogP contribution in [0, 0.1) is 34.5 Å². The quantitative estimate of drug-likeness (QED) is 0.474. The topological polar surface area (TPSA) is 26.3 Å². The van der Waals surface area contributed by atoms with Gasteiger partial charge in [-0.25, -0.2) is 0 Å². The summed E-state index contributed by atoms with van der Waals surface area (Å²) in [7, 11) is -1.72. The van der Waals surface area contributed by atoms with Gasteiger partial charge in [0, 0.05) is 17.9 Å². The molecule has 4 aliphatic carbocycles. The summed E-state index contributed by atoms with van der Waals surface area (Å²) in [5.74, 6) is 3.70. The van der Waals surface area contributed by atoms with Gasteiger partial charge in [-0.15, -0.1) is 0 Å². The molecule has 0 saturated heterocycles. The van der Waals surface area contributed by atoms with Gasteiger partial charge in [-0.05, 0) is 105 Å². The molecule has 31 heavy (non-hydrogen) atoms. The molecule has 3 heteroatoms. The van der Waals surface area contributed by atoms with Crippen LogP contribution in [0.15, 0.2) is 30.3 Å². The predicted octanol–water partition coefficient (Wildman–Crippen LogP) is 6.97. The molecule has 4 saturated carbocycles. The molecule has 2 nitrogen and oxygen atoms in total. The minimum Gasteiger partial charge on any atom is -0.414 e. The van der Waals surface area contributed by atoms with E-state index in [-0.39, 0.29) is 5.41 Å². The number of carbonyl (C=O) groups excluding carboxylic acids is 1. The average molecular weight is 439 g/mol. The molecule has 0 amide bonds. The molecular formula is C28H42O2Si. The zero-order chi connectivity index (χ0) is 21.9. The molecule has 0 N–H and O–H groups in total. The van der Waals surface area contributed by atoms with Crippen molar-refractivity contribution in [1.82, 2.24) is 0 Å². The second kappa shape index (κ2) is 7.83. The maximum absolute atomic E-state index is 12.7. The van der Waals surface area contributed by atoms with Gasteiger partial charge < -0.3 is 4.43 Å². The number of benzene rings is 1. The number of hydrogen-bond donors (Lipinski definition) is 0. The van der Waals surface area contributed by atoms with Gasteiger partial charge in [-0.2, -0.15) is 0 Å². The van der Waals surface area contributed by atoms with E-state index in [0.717, 1.165) is 36.6 Å². The van der Waals surface area contributed by atoms with E-state index in [4.69, 9.17) is 4.43 Å². The molecule has 5 rings (SSSR count). The van der Waals surface area contributed by atoms with Crippen molar-refractivity contribution in [2.75, 3.05) is 0 Å². The molecule has 0 aromatic heterocycles. The molecule has 1 aromatic carbocycles. The van der Waals surface area contributed by atoms with Gasteiger partial charge >= 0.3 is 0 Å². The number of rotatable bonds is 4. The summed E-state index contributed by atoms with van der Waals surface area (Å²) < 4.78 is 6.91. The van der Waals surface area contributed by atoms with Gasteiger partial charge in [0.05, 0.1) is 0 Å². The third-order valence-corrected chi connectivity index (χ3v) is 12.5. The fourth-order valence-corrected chi connectivity index (χ4v) is 11.1. The second-order valence-corrected chi connectivity index (χ2v) is 16.6. The molecule has 2 unspecified atom stereocenters. The second-order valence-electron chi connectivity index (χ2n) is 12.5. The van der Waals surface area contributed by atoms with E-state index in [1.165, 1.54) is 50.5 Å². The van der Waals surface area contributed by atoms with Crippen LogP contribution in [-0.2, 0) is 15.3 Å². The number of carbonyl (C=O) groups is 1. The van der Waals surface area contributed by atoms with Gasteiger partial charge in [0.1, 0.15) is 5.78 Å². The fraction of sp³-hybridized carbons (Fsp3) is 0.750. The van der Waals surface area contributed by atoms with E-state index in [1.807, 2.05) is 0 Å². The summed E-state index contributed by atoms with van der Waals surface area (Å²) in [5, 5.41) is 0. The average Bonchev–Trinajstić information content (AvgIpc) is 3.03. The Kier molecular flexibility index (Phi) is 5.53. The lowest BCUT2D eigenvalue weighted by atomic mass is 9.45. The first-order chi connectivity index (χ1) is 14.7. The highest BCUT2D eigenvalue weighted by atomic mass is 28.4. The lowest BCUT2D eigenvalue weighted by Crippen LogP contribution is -2.54. The molecule has 0 radical (unpaired) electrons. The van der Waals surface area contributed by atoms with Crippen LogP contribution in [0.5, 0.6) is 0 Å². The summed E-state index contributed by atoms with van der Waals surface area (Å²) in [6.07, 6.45) is 11.5. The summed E-state index contributed by atoms with van der Waals surface area (Å²) in [6, 6.07) is 12.0. The van der Waals surface area contributed by atoms with Gasteiger partial charge in [-0.1, -0.05) is 44.2 Å². The smallest absolute Gasteiger partial charge is 0.191 e. The molecular weight excluding hydrogens is 396 g/mol. The maximum Gasteiger partial charge on any atom is 0.191 e. The minimum absolute atomic E-state index is 0.0116. The van der Waals surface area contributed by atoms with Gasteiger partial charge in [0.2, 0.25) is 0 Å². The molecule has 4 fully saturated rings. The third kappa shape index (κ3) is 3.78. The highest BCUT2D eigenvalue weighted by Gasteiger charge is 2.60. The van der Waals surface area contributed by atoms with Crippen LogP contribution in [0.3, 0.4) is 0 Å². The van der Waals surface area contributed by atoms with Crippen molar-refractivity contribution in [1.29, 1.82) is 0 Å². The molecule has 7 atom stereocenters. The maximum atomic E-state index is 12.7. The fourth-order valence-electron chi connectivity index (χ4n) is 8.68. The molecule has 0 heterocycles. The third-order valence-electron chi connectivity index (χ3n) is 10.3. The van der Waals surface area contributed by atoms with E-state index >= 15 is 0 Å². The van der Waals surface area contributed by atoms with Crippen molar-refractivity contribution in [2.24, 2.45) is 34.5 Å². The lowest BCUT2D eigenvalue weighted by Gasteiger charge is -2.60. The Hall–Kier alpha value is -0.933. The number of ketones is 1. The number of hydrogen-bond acceptors (Lipinski definition) is 2. The van der Waals surface area contributed by atoms with Crippen molar-refractivity contribution >= 4 is 14.1 Å². The van der Waals surface area contributed by atoms with Crippen LogP contribution in [0.2, 0.25) is 13.1 Å². The SMILES string of the molecule is C[C@]12CCC(O[Si](C)(C)Cc3ccccc3)CC1CC[C@@H]1[C@@H]2CC[C@]2(C)C(=O)CC[C@@H]12. The van der Waals surface area contributed by atoms with E-state index in [2.05, 4.69) is 57.3 Å². The Bertz CT molecular complexity index is 820. The number of Topliss-reactive ketones (excluding diaryl/α,β-unsaturated/α-hetero) is 1. The van der Waals surface area contributed by atoms with E-state index in [9.17, 15) is 4.79 Å². The summed E-state index contributed by atoms with van der Waals surface area (Å²) in [6.45, 7) is 9.74.